The molecule has 3 nitrogen and oxygen atoms in total. The molecule has 3 rings (SSSR count). The van der Waals surface area contributed by atoms with Crippen LogP contribution in [0.4, 0.5) is 18.9 Å². The van der Waals surface area contributed by atoms with E-state index in [0.717, 1.165) is 23.3 Å². The van der Waals surface area contributed by atoms with Crippen LogP contribution in [0, 0.1) is 18.3 Å². The van der Waals surface area contributed by atoms with Crippen LogP contribution >= 0.6 is 0 Å². The highest BCUT2D eigenvalue weighted by Crippen LogP contribution is 2.37. The van der Waals surface area contributed by atoms with Crippen molar-refractivity contribution in [3.05, 3.63) is 76.0 Å². The SMILES string of the molecule is Cc1cc(C#N)ccc1C(C)C1=C(Nc2cccc(C(F)(F)F)c2)CCC1=O. The van der Waals surface area contributed by atoms with Crippen molar-refractivity contribution in [2.45, 2.75) is 38.8 Å². The lowest BCUT2D eigenvalue weighted by Gasteiger charge is -2.19. The number of nitrogens with one attached hydrogen (secondary N) is 1. The third-order valence-electron chi connectivity index (χ3n) is 5.01. The van der Waals surface area contributed by atoms with Gasteiger partial charge in [-0.2, -0.15) is 18.4 Å². The van der Waals surface area contributed by atoms with Gasteiger partial charge in [0, 0.05) is 29.3 Å². The van der Waals surface area contributed by atoms with E-state index in [1.807, 2.05) is 19.9 Å². The fourth-order valence-corrected chi connectivity index (χ4v) is 3.64. The van der Waals surface area contributed by atoms with Crippen molar-refractivity contribution in [1.29, 1.82) is 5.26 Å². The minimum absolute atomic E-state index is 0.00858. The molecule has 0 spiro atoms. The Kier molecular flexibility index (Phi) is 5.28. The van der Waals surface area contributed by atoms with E-state index in [9.17, 15) is 18.0 Å². The fraction of sp³-hybridized carbons (Fsp3) is 0.273. The molecule has 0 bridgehead atoms. The second kappa shape index (κ2) is 7.51. The summed E-state index contributed by atoms with van der Waals surface area (Å²) in [6.07, 6.45) is -3.63. The summed E-state index contributed by atoms with van der Waals surface area (Å²) in [5.41, 5.74) is 3.18. The van der Waals surface area contributed by atoms with Crippen LogP contribution in [-0.4, -0.2) is 5.78 Å². The Morgan fingerprint density at radius 2 is 1.89 bits per heavy atom. The van der Waals surface area contributed by atoms with E-state index in [4.69, 9.17) is 5.26 Å². The van der Waals surface area contributed by atoms with Crippen LogP contribution in [0.5, 0.6) is 0 Å². The minimum atomic E-state index is -4.42. The number of rotatable bonds is 4. The lowest BCUT2D eigenvalue weighted by Crippen LogP contribution is -2.11. The molecule has 6 heteroatoms. The summed E-state index contributed by atoms with van der Waals surface area (Å²) < 4.78 is 38.9. The minimum Gasteiger partial charge on any atom is -0.359 e. The summed E-state index contributed by atoms with van der Waals surface area (Å²) in [5, 5.41) is 12.1. The van der Waals surface area contributed by atoms with Crippen LogP contribution < -0.4 is 5.32 Å². The Labute approximate surface area is 161 Å². The first kappa shape index (κ1) is 19.7. The van der Waals surface area contributed by atoms with Gasteiger partial charge in [-0.1, -0.05) is 19.1 Å². The summed E-state index contributed by atoms with van der Waals surface area (Å²) in [5.74, 6) is -0.234. The van der Waals surface area contributed by atoms with Gasteiger partial charge in [0.2, 0.25) is 0 Å². The van der Waals surface area contributed by atoms with Crippen molar-refractivity contribution < 1.29 is 18.0 Å². The van der Waals surface area contributed by atoms with Crippen LogP contribution in [0.15, 0.2) is 53.7 Å². The molecule has 1 aliphatic rings. The monoisotopic (exact) mass is 384 g/mol. The molecule has 28 heavy (non-hydrogen) atoms. The predicted octanol–water partition coefficient (Wildman–Crippen LogP) is 5.72. The van der Waals surface area contributed by atoms with Gasteiger partial charge in [0.05, 0.1) is 17.2 Å². The Morgan fingerprint density at radius 1 is 1.14 bits per heavy atom. The molecular weight excluding hydrogens is 365 g/mol. The van der Waals surface area contributed by atoms with Gasteiger partial charge in [0.15, 0.2) is 5.78 Å². The second-order valence-corrected chi connectivity index (χ2v) is 6.92. The largest absolute Gasteiger partial charge is 0.416 e. The molecule has 0 heterocycles. The van der Waals surface area contributed by atoms with Crippen molar-refractivity contribution in [2.75, 3.05) is 5.32 Å². The summed E-state index contributed by atoms with van der Waals surface area (Å²) in [6.45, 7) is 3.79. The molecule has 0 saturated heterocycles. The number of carbonyl (C=O) groups is 1. The number of hydrogen-bond acceptors (Lipinski definition) is 3. The quantitative estimate of drug-likeness (QED) is 0.734. The highest BCUT2D eigenvalue weighted by Gasteiger charge is 2.32. The summed E-state index contributed by atoms with van der Waals surface area (Å²) in [6, 6.07) is 12.4. The first-order valence-corrected chi connectivity index (χ1v) is 8.92. The van der Waals surface area contributed by atoms with Crippen molar-refractivity contribution in [2.24, 2.45) is 0 Å². The number of aryl methyl sites for hydroxylation is 1. The summed E-state index contributed by atoms with van der Waals surface area (Å²) >= 11 is 0. The number of halogens is 3. The second-order valence-electron chi connectivity index (χ2n) is 6.92. The molecule has 0 fully saturated rings. The van der Waals surface area contributed by atoms with Gasteiger partial charge in [-0.3, -0.25) is 4.79 Å². The van der Waals surface area contributed by atoms with E-state index in [-0.39, 0.29) is 11.7 Å². The molecule has 1 unspecified atom stereocenters. The Morgan fingerprint density at radius 3 is 2.54 bits per heavy atom. The van der Waals surface area contributed by atoms with Gasteiger partial charge in [-0.25, -0.2) is 0 Å². The molecule has 0 radical (unpaired) electrons. The van der Waals surface area contributed by atoms with Gasteiger partial charge in [0.25, 0.3) is 0 Å². The number of carbonyl (C=O) groups excluding carboxylic acids is 1. The molecule has 0 saturated carbocycles. The van der Waals surface area contributed by atoms with Gasteiger partial charge in [-0.15, -0.1) is 0 Å². The first-order chi connectivity index (χ1) is 13.2. The molecule has 144 valence electrons. The molecule has 0 aliphatic heterocycles. The molecule has 2 aromatic carbocycles. The topological polar surface area (TPSA) is 52.9 Å². The van der Waals surface area contributed by atoms with Crippen molar-refractivity contribution >= 4 is 11.5 Å². The molecular formula is C22H19F3N2O. The summed E-state index contributed by atoms with van der Waals surface area (Å²) in [7, 11) is 0. The van der Waals surface area contributed by atoms with Crippen LogP contribution in [0.2, 0.25) is 0 Å². The number of alkyl halides is 3. The average Bonchev–Trinajstić information content (AvgIpc) is 3.00. The Balaban J connectivity index is 1.96. The van der Waals surface area contributed by atoms with Gasteiger partial charge < -0.3 is 5.32 Å². The van der Waals surface area contributed by atoms with E-state index < -0.39 is 11.7 Å². The van der Waals surface area contributed by atoms with Crippen LogP contribution in [0.25, 0.3) is 0 Å². The van der Waals surface area contributed by atoms with E-state index in [1.165, 1.54) is 6.07 Å². The number of hydrogen-bond donors (Lipinski definition) is 1. The predicted molar refractivity (Wildman–Crippen MR) is 101 cm³/mol. The highest BCUT2D eigenvalue weighted by molar-refractivity contribution is 6.00. The smallest absolute Gasteiger partial charge is 0.359 e. The van der Waals surface area contributed by atoms with Crippen molar-refractivity contribution in [3.63, 3.8) is 0 Å². The highest BCUT2D eigenvalue weighted by atomic mass is 19.4. The molecule has 1 N–H and O–H groups in total. The van der Waals surface area contributed by atoms with Gasteiger partial charge in [0.1, 0.15) is 0 Å². The lowest BCUT2D eigenvalue weighted by molar-refractivity contribution is -0.137. The third-order valence-corrected chi connectivity index (χ3v) is 5.01. The van der Waals surface area contributed by atoms with E-state index >= 15 is 0 Å². The molecule has 0 aromatic heterocycles. The number of nitrogens with zero attached hydrogens (tertiary/aromatic N) is 1. The zero-order valence-electron chi connectivity index (χ0n) is 15.5. The molecule has 2 aromatic rings. The first-order valence-electron chi connectivity index (χ1n) is 8.92. The number of allylic oxidation sites excluding steroid dienone is 2. The fourth-order valence-electron chi connectivity index (χ4n) is 3.64. The van der Waals surface area contributed by atoms with E-state index in [2.05, 4.69) is 11.4 Å². The van der Waals surface area contributed by atoms with Crippen molar-refractivity contribution in [1.82, 2.24) is 0 Å². The zero-order chi connectivity index (χ0) is 20.5. The molecule has 1 aliphatic carbocycles. The van der Waals surface area contributed by atoms with Gasteiger partial charge in [-0.05, 0) is 54.8 Å². The van der Waals surface area contributed by atoms with Gasteiger partial charge >= 0.3 is 6.18 Å². The molecule has 0 amide bonds. The number of anilines is 1. The zero-order valence-corrected chi connectivity index (χ0v) is 15.5. The Bertz CT molecular complexity index is 1000. The maximum absolute atomic E-state index is 13.0. The number of ketones is 1. The third kappa shape index (κ3) is 3.94. The summed E-state index contributed by atoms with van der Waals surface area (Å²) in [4.78, 5) is 12.5. The normalized spacial score (nSPS) is 15.5. The number of benzene rings is 2. The van der Waals surface area contributed by atoms with Crippen molar-refractivity contribution in [3.8, 4) is 6.07 Å². The van der Waals surface area contributed by atoms with Crippen LogP contribution in [0.1, 0.15) is 47.9 Å². The molecule has 1 atom stereocenters. The Hall–Kier alpha value is -3.07. The van der Waals surface area contributed by atoms with Crippen LogP contribution in [-0.2, 0) is 11.0 Å². The van der Waals surface area contributed by atoms with E-state index in [1.54, 1.807) is 18.2 Å². The van der Waals surface area contributed by atoms with Crippen LogP contribution in [0.3, 0.4) is 0 Å². The standard InChI is InChI=1S/C22H19F3N2O/c1-13-10-15(12-26)6-7-18(13)14(2)21-19(8-9-20(21)28)27-17-5-3-4-16(11-17)22(23,24)25/h3-7,10-11,14,27H,8-9H2,1-2H3. The van der Waals surface area contributed by atoms with E-state index in [0.29, 0.717) is 35.4 Å². The lowest BCUT2D eigenvalue weighted by atomic mass is 9.87. The maximum atomic E-state index is 13.0. The maximum Gasteiger partial charge on any atom is 0.416 e. The number of nitriles is 1. The average molecular weight is 384 g/mol. The number of Topliss-reactive ketones (excluding diaryl/α,β-unsaturated/α-hetero) is 1.